The Bertz CT molecular complexity index is 700. The van der Waals surface area contributed by atoms with Gasteiger partial charge in [-0.25, -0.2) is 4.98 Å². The highest BCUT2D eigenvalue weighted by Gasteiger charge is 2.28. The third-order valence-electron chi connectivity index (χ3n) is 4.77. The van der Waals surface area contributed by atoms with Crippen molar-refractivity contribution < 1.29 is 9.53 Å². The highest BCUT2D eigenvalue weighted by atomic mass is 32.1. The highest BCUT2D eigenvalue weighted by molar-refractivity contribution is 7.14. The minimum Gasteiger partial charge on any atom is -0.372 e. The molecule has 0 aromatic carbocycles. The number of amides is 1. The van der Waals surface area contributed by atoms with Crippen molar-refractivity contribution in [2.75, 3.05) is 6.61 Å². The van der Waals surface area contributed by atoms with Gasteiger partial charge in [0.05, 0.1) is 23.1 Å². The van der Waals surface area contributed by atoms with Crippen LogP contribution in [-0.2, 0) is 24.6 Å². The first-order chi connectivity index (χ1) is 11.2. The van der Waals surface area contributed by atoms with Gasteiger partial charge in [0.1, 0.15) is 6.10 Å². The minimum atomic E-state index is 0.00916. The summed E-state index contributed by atoms with van der Waals surface area (Å²) < 4.78 is 7.85. The third kappa shape index (κ3) is 2.93. The van der Waals surface area contributed by atoms with E-state index >= 15 is 0 Å². The number of thiophene rings is 1. The molecule has 6 heteroatoms. The van der Waals surface area contributed by atoms with E-state index < -0.39 is 0 Å². The average molecular weight is 331 g/mol. The predicted octanol–water partition coefficient (Wildman–Crippen LogP) is 2.62. The van der Waals surface area contributed by atoms with Crippen molar-refractivity contribution in [1.29, 1.82) is 0 Å². The monoisotopic (exact) mass is 331 g/mol. The van der Waals surface area contributed by atoms with Gasteiger partial charge in [-0.05, 0) is 43.7 Å². The molecule has 122 valence electrons. The lowest BCUT2D eigenvalue weighted by atomic mass is 10.0. The van der Waals surface area contributed by atoms with Crippen molar-refractivity contribution in [3.63, 3.8) is 0 Å². The summed E-state index contributed by atoms with van der Waals surface area (Å²) in [6.45, 7) is 0.668. The Morgan fingerprint density at radius 3 is 3.17 bits per heavy atom. The molecule has 0 unspecified atom stereocenters. The number of hydrogen-bond acceptors (Lipinski definition) is 4. The van der Waals surface area contributed by atoms with Crippen LogP contribution in [0.5, 0.6) is 0 Å². The van der Waals surface area contributed by atoms with Crippen LogP contribution in [0.4, 0.5) is 0 Å². The van der Waals surface area contributed by atoms with Gasteiger partial charge >= 0.3 is 0 Å². The van der Waals surface area contributed by atoms with Gasteiger partial charge in [0.2, 0.25) is 0 Å². The van der Waals surface area contributed by atoms with Gasteiger partial charge in [0.15, 0.2) is 0 Å². The van der Waals surface area contributed by atoms with E-state index in [0.29, 0.717) is 6.61 Å². The number of aromatic nitrogens is 2. The van der Waals surface area contributed by atoms with Gasteiger partial charge in [0, 0.05) is 24.6 Å². The second kappa shape index (κ2) is 6.09. The summed E-state index contributed by atoms with van der Waals surface area (Å²) in [5, 5.41) is 3.20. The number of rotatable bonds is 3. The van der Waals surface area contributed by atoms with E-state index in [9.17, 15) is 4.79 Å². The summed E-state index contributed by atoms with van der Waals surface area (Å²) in [5.74, 6) is 0.0695. The maximum Gasteiger partial charge on any atom is 0.261 e. The number of ether oxygens (including phenoxy) is 1. The summed E-state index contributed by atoms with van der Waals surface area (Å²) in [6.07, 6.45) is 8.80. The number of carbonyl (C=O) groups is 1. The molecule has 0 radical (unpaired) electrons. The summed E-state index contributed by atoms with van der Waals surface area (Å²) in [6, 6.07) is 2.24. The zero-order chi connectivity index (χ0) is 15.8. The lowest BCUT2D eigenvalue weighted by Crippen LogP contribution is -2.39. The largest absolute Gasteiger partial charge is 0.372 e. The quantitative estimate of drug-likeness (QED) is 0.940. The van der Waals surface area contributed by atoms with E-state index in [1.54, 1.807) is 17.7 Å². The minimum absolute atomic E-state index is 0.00916. The lowest BCUT2D eigenvalue weighted by Gasteiger charge is -2.30. The Labute approximate surface area is 139 Å². The molecule has 1 saturated heterocycles. The Kier molecular flexibility index (Phi) is 3.95. The van der Waals surface area contributed by atoms with Gasteiger partial charge in [-0.2, -0.15) is 0 Å². The standard InChI is InChI=1S/C17H21N3O2S/c1-20-10-18-9-13(20)14-8-12(5-6-22-14)19-17(21)16-7-11-3-2-4-15(11)23-16/h7,9-10,12,14H,2-6,8H2,1H3,(H,19,21)/t12-,14-/m1/s1. The summed E-state index contributed by atoms with van der Waals surface area (Å²) >= 11 is 1.66. The molecule has 1 fully saturated rings. The van der Waals surface area contributed by atoms with Crippen LogP contribution in [0.25, 0.3) is 0 Å². The number of nitrogens with zero attached hydrogens (tertiary/aromatic N) is 2. The van der Waals surface area contributed by atoms with E-state index in [2.05, 4.69) is 16.4 Å². The van der Waals surface area contributed by atoms with Crippen molar-refractivity contribution in [2.45, 2.75) is 44.2 Å². The van der Waals surface area contributed by atoms with E-state index in [-0.39, 0.29) is 18.1 Å². The van der Waals surface area contributed by atoms with Crippen molar-refractivity contribution in [3.8, 4) is 0 Å². The normalized spacial score (nSPS) is 23.7. The topological polar surface area (TPSA) is 56.2 Å². The van der Waals surface area contributed by atoms with E-state index in [1.807, 2.05) is 17.8 Å². The van der Waals surface area contributed by atoms with E-state index in [0.717, 1.165) is 36.3 Å². The molecule has 1 aliphatic heterocycles. The first-order valence-corrected chi connectivity index (χ1v) is 9.02. The molecule has 2 aliphatic rings. The van der Waals surface area contributed by atoms with E-state index in [1.165, 1.54) is 16.9 Å². The first-order valence-electron chi connectivity index (χ1n) is 8.21. The van der Waals surface area contributed by atoms with Gasteiger partial charge in [0.25, 0.3) is 5.91 Å². The van der Waals surface area contributed by atoms with Crippen molar-refractivity contribution >= 4 is 17.2 Å². The van der Waals surface area contributed by atoms with Crippen LogP contribution in [-0.4, -0.2) is 28.1 Å². The second-order valence-corrected chi connectivity index (χ2v) is 7.53. The van der Waals surface area contributed by atoms with Crippen LogP contribution in [0.1, 0.15) is 51.2 Å². The molecule has 2 aromatic rings. The van der Waals surface area contributed by atoms with Crippen LogP contribution in [0.3, 0.4) is 0 Å². The third-order valence-corrected chi connectivity index (χ3v) is 6.01. The number of fused-ring (bicyclic) bond motifs is 1. The molecule has 5 nitrogen and oxygen atoms in total. The number of aryl methyl sites for hydroxylation is 3. The highest BCUT2D eigenvalue weighted by Crippen LogP contribution is 2.31. The fourth-order valence-corrected chi connectivity index (χ4v) is 4.67. The SMILES string of the molecule is Cn1cncc1[C@H]1C[C@H](NC(=O)c2cc3c(s2)CCC3)CCO1. The molecule has 23 heavy (non-hydrogen) atoms. The number of hydrogen-bond donors (Lipinski definition) is 1. The van der Waals surface area contributed by atoms with Gasteiger partial charge in [-0.3, -0.25) is 4.79 Å². The summed E-state index contributed by atoms with van der Waals surface area (Å²) in [5.41, 5.74) is 2.44. The molecule has 2 atom stereocenters. The molecule has 3 heterocycles. The Morgan fingerprint density at radius 2 is 2.39 bits per heavy atom. The molecule has 1 N–H and O–H groups in total. The Balaban J connectivity index is 1.41. The maximum absolute atomic E-state index is 12.5. The van der Waals surface area contributed by atoms with Gasteiger partial charge in [-0.15, -0.1) is 11.3 Å². The van der Waals surface area contributed by atoms with Crippen molar-refractivity contribution in [2.24, 2.45) is 7.05 Å². The first kappa shape index (κ1) is 14.9. The summed E-state index contributed by atoms with van der Waals surface area (Å²) in [4.78, 5) is 18.9. The molecular formula is C17H21N3O2S. The van der Waals surface area contributed by atoms with Crippen LogP contribution in [0.15, 0.2) is 18.6 Å². The van der Waals surface area contributed by atoms with Crippen LogP contribution >= 0.6 is 11.3 Å². The van der Waals surface area contributed by atoms with E-state index in [4.69, 9.17) is 4.74 Å². The Morgan fingerprint density at radius 1 is 1.48 bits per heavy atom. The Hall–Kier alpha value is -1.66. The second-order valence-electron chi connectivity index (χ2n) is 6.40. The molecule has 2 aromatic heterocycles. The molecule has 0 saturated carbocycles. The van der Waals surface area contributed by atoms with Crippen molar-refractivity contribution in [1.82, 2.24) is 14.9 Å². The zero-order valence-electron chi connectivity index (χ0n) is 13.2. The van der Waals surface area contributed by atoms with Crippen molar-refractivity contribution in [3.05, 3.63) is 39.6 Å². The molecule has 1 amide bonds. The predicted molar refractivity (Wildman–Crippen MR) is 88.7 cm³/mol. The number of imidazole rings is 1. The van der Waals surface area contributed by atoms with Crippen LogP contribution in [0, 0.1) is 0 Å². The maximum atomic E-state index is 12.5. The fourth-order valence-electron chi connectivity index (χ4n) is 3.51. The zero-order valence-corrected chi connectivity index (χ0v) is 14.1. The van der Waals surface area contributed by atoms with Gasteiger partial charge < -0.3 is 14.6 Å². The molecular weight excluding hydrogens is 310 g/mol. The molecule has 0 bridgehead atoms. The lowest BCUT2D eigenvalue weighted by molar-refractivity contribution is -0.00298. The smallest absolute Gasteiger partial charge is 0.261 e. The fraction of sp³-hybridized carbons (Fsp3) is 0.529. The van der Waals surface area contributed by atoms with Gasteiger partial charge in [-0.1, -0.05) is 0 Å². The molecule has 1 aliphatic carbocycles. The average Bonchev–Trinajstić information content (AvgIpc) is 3.22. The molecule has 4 rings (SSSR count). The number of nitrogens with one attached hydrogen (secondary N) is 1. The number of carbonyl (C=O) groups excluding carboxylic acids is 1. The van der Waals surface area contributed by atoms with Crippen LogP contribution < -0.4 is 5.32 Å². The van der Waals surface area contributed by atoms with Crippen LogP contribution in [0.2, 0.25) is 0 Å². The summed E-state index contributed by atoms with van der Waals surface area (Å²) in [7, 11) is 1.97. The molecule has 0 spiro atoms.